The van der Waals surface area contributed by atoms with Crippen molar-refractivity contribution < 1.29 is 9.66 Å². The summed E-state index contributed by atoms with van der Waals surface area (Å²) in [5, 5.41) is 11.4. The number of para-hydroxylation sites is 1. The molecule has 0 amide bonds. The molecule has 2 bridgehead atoms. The van der Waals surface area contributed by atoms with Crippen molar-refractivity contribution in [1.82, 2.24) is 0 Å². The van der Waals surface area contributed by atoms with Crippen molar-refractivity contribution in [2.24, 2.45) is 5.92 Å². The van der Waals surface area contributed by atoms with Crippen molar-refractivity contribution in [2.75, 3.05) is 6.61 Å². The van der Waals surface area contributed by atoms with E-state index in [4.69, 9.17) is 16.3 Å². The highest BCUT2D eigenvalue weighted by Gasteiger charge is 2.68. The van der Waals surface area contributed by atoms with Gasteiger partial charge in [-0.1, -0.05) is 12.1 Å². The fourth-order valence-corrected chi connectivity index (χ4v) is 6.25. The van der Waals surface area contributed by atoms with Gasteiger partial charge in [-0.25, -0.2) is 0 Å². The van der Waals surface area contributed by atoms with Crippen LogP contribution < -0.4 is 0 Å². The third-order valence-electron chi connectivity index (χ3n) is 5.24. The van der Waals surface area contributed by atoms with Crippen LogP contribution in [0, 0.1) is 16.0 Å². The zero-order valence-corrected chi connectivity index (χ0v) is 13.0. The molecular weight excluding hydrogens is 310 g/mol. The second-order valence-electron chi connectivity index (χ2n) is 6.33. The van der Waals surface area contributed by atoms with Crippen molar-refractivity contribution in [2.45, 2.75) is 46.3 Å². The minimum atomic E-state index is -0.300. The highest BCUT2D eigenvalue weighted by atomic mass is 35.5. The van der Waals surface area contributed by atoms with Crippen molar-refractivity contribution >= 4 is 29.1 Å². The minimum Gasteiger partial charge on any atom is -0.368 e. The molecule has 0 N–H and O–H groups in total. The first-order valence-corrected chi connectivity index (χ1v) is 8.51. The van der Waals surface area contributed by atoms with Gasteiger partial charge in [0.25, 0.3) is 5.69 Å². The van der Waals surface area contributed by atoms with Crippen LogP contribution in [-0.4, -0.2) is 27.3 Å². The Morgan fingerprint density at radius 2 is 2.14 bits per heavy atom. The molecule has 3 saturated carbocycles. The molecule has 4 fully saturated rings. The van der Waals surface area contributed by atoms with Gasteiger partial charge in [0.2, 0.25) is 0 Å². The van der Waals surface area contributed by atoms with E-state index in [2.05, 4.69) is 0 Å². The van der Waals surface area contributed by atoms with Gasteiger partial charge in [-0.3, -0.25) is 10.1 Å². The number of hydrogen-bond donors (Lipinski definition) is 0. The number of thioether (sulfide) groups is 1. The van der Waals surface area contributed by atoms with E-state index in [1.165, 1.54) is 0 Å². The first kappa shape index (κ1) is 13.9. The molecule has 1 aromatic rings. The lowest BCUT2D eigenvalue weighted by atomic mass is 9.63. The van der Waals surface area contributed by atoms with Crippen LogP contribution in [0.25, 0.3) is 0 Å². The van der Waals surface area contributed by atoms with Crippen LogP contribution in [0.1, 0.15) is 25.7 Å². The SMILES string of the molecule is O=[N+]([O-])c1ccccc1SC12CCC(CC13CO3)C(Cl)C2. The summed E-state index contributed by atoms with van der Waals surface area (Å²) in [7, 11) is 0. The lowest BCUT2D eigenvalue weighted by Crippen LogP contribution is -2.56. The third kappa shape index (κ3) is 2.01. The van der Waals surface area contributed by atoms with Gasteiger partial charge in [0.15, 0.2) is 0 Å². The van der Waals surface area contributed by atoms with Crippen LogP contribution in [0.5, 0.6) is 0 Å². The summed E-state index contributed by atoms with van der Waals surface area (Å²) >= 11 is 8.15. The molecule has 4 aliphatic rings. The summed E-state index contributed by atoms with van der Waals surface area (Å²) in [4.78, 5) is 11.7. The van der Waals surface area contributed by atoms with E-state index in [1.807, 2.05) is 12.1 Å². The van der Waals surface area contributed by atoms with Crippen molar-refractivity contribution in [3.05, 3.63) is 34.4 Å². The molecule has 21 heavy (non-hydrogen) atoms. The number of rotatable bonds is 3. The smallest absolute Gasteiger partial charge is 0.282 e. The Hall–Kier alpha value is -0.780. The van der Waals surface area contributed by atoms with Crippen LogP contribution in [-0.2, 0) is 4.74 Å². The fourth-order valence-electron chi connectivity index (χ4n) is 3.99. The van der Waals surface area contributed by atoms with E-state index in [0.29, 0.717) is 5.92 Å². The van der Waals surface area contributed by atoms with E-state index in [1.54, 1.807) is 23.9 Å². The molecule has 1 saturated heterocycles. The largest absolute Gasteiger partial charge is 0.368 e. The zero-order chi connectivity index (χ0) is 14.7. The number of benzene rings is 1. The van der Waals surface area contributed by atoms with Crippen LogP contribution in [0.2, 0.25) is 0 Å². The molecular formula is C15H16ClNO3S. The lowest BCUT2D eigenvalue weighted by molar-refractivity contribution is -0.387. The van der Waals surface area contributed by atoms with Crippen LogP contribution in [0.3, 0.4) is 0 Å². The van der Waals surface area contributed by atoms with Crippen molar-refractivity contribution in [1.29, 1.82) is 0 Å². The van der Waals surface area contributed by atoms with E-state index in [9.17, 15) is 10.1 Å². The summed E-state index contributed by atoms with van der Waals surface area (Å²) in [5.41, 5.74) is 0.0990. The summed E-state index contributed by atoms with van der Waals surface area (Å²) < 4.78 is 5.75. The lowest BCUT2D eigenvalue weighted by Gasteiger charge is -2.52. The first-order valence-electron chi connectivity index (χ1n) is 7.26. The molecule has 112 valence electrons. The molecule has 1 aliphatic heterocycles. The number of nitro groups is 1. The van der Waals surface area contributed by atoms with Gasteiger partial charge in [0.1, 0.15) is 5.60 Å². The van der Waals surface area contributed by atoms with Gasteiger partial charge < -0.3 is 4.74 Å². The number of ether oxygens (including phenoxy) is 1. The molecule has 1 heterocycles. The average Bonchev–Trinajstić information content (AvgIpc) is 3.22. The maximum Gasteiger partial charge on any atom is 0.282 e. The molecule has 5 rings (SSSR count). The standard InChI is InChI=1S/C15H16ClNO3S/c16-11-8-15(6-5-10(11)7-14(15)9-20-14)21-13-4-2-1-3-12(13)17(18)19/h1-4,10-11H,5-9H2. The first-order chi connectivity index (χ1) is 10.1. The molecule has 4 unspecified atom stereocenters. The Kier molecular flexibility index (Phi) is 3.04. The summed E-state index contributed by atoms with van der Waals surface area (Å²) in [5.74, 6) is 0.544. The Morgan fingerprint density at radius 1 is 1.38 bits per heavy atom. The van der Waals surface area contributed by atoms with Gasteiger partial charge in [-0.05, 0) is 37.7 Å². The molecule has 0 radical (unpaired) electrons. The van der Waals surface area contributed by atoms with E-state index >= 15 is 0 Å². The van der Waals surface area contributed by atoms with Gasteiger partial charge in [0, 0.05) is 11.4 Å². The van der Waals surface area contributed by atoms with Gasteiger partial charge in [-0.2, -0.15) is 0 Å². The number of epoxide rings is 1. The molecule has 1 aromatic carbocycles. The second kappa shape index (κ2) is 4.61. The number of nitro benzene ring substituents is 1. The van der Waals surface area contributed by atoms with Gasteiger partial charge in [0.05, 0.1) is 21.2 Å². The highest BCUT2D eigenvalue weighted by Crippen LogP contribution is 2.66. The van der Waals surface area contributed by atoms with Crippen molar-refractivity contribution in [3.8, 4) is 0 Å². The monoisotopic (exact) mass is 325 g/mol. The molecule has 3 aliphatic carbocycles. The van der Waals surface area contributed by atoms with Crippen LogP contribution >= 0.6 is 23.4 Å². The summed E-state index contributed by atoms with van der Waals surface area (Å²) in [6.45, 7) is 0.779. The van der Waals surface area contributed by atoms with Crippen LogP contribution in [0.4, 0.5) is 5.69 Å². The molecule has 4 nitrogen and oxygen atoms in total. The maximum absolute atomic E-state index is 11.2. The zero-order valence-electron chi connectivity index (χ0n) is 11.5. The molecule has 6 heteroatoms. The molecule has 1 spiro atoms. The number of halogens is 1. The summed E-state index contributed by atoms with van der Waals surface area (Å²) in [6.07, 6.45) is 4.04. The molecule has 0 aromatic heterocycles. The highest BCUT2D eigenvalue weighted by molar-refractivity contribution is 8.01. The topological polar surface area (TPSA) is 55.7 Å². The summed E-state index contributed by atoms with van der Waals surface area (Å²) in [6, 6.07) is 6.99. The average molecular weight is 326 g/mol. The number of fused-ring (bicyclic) bond motifs is 2. The minimum absolute atomic E-state index is 0.0876. The van der Waals surface area contributed by atoms with Crippen molar-refractivity contribution in [3.63, 3.8) is 0 Å². The normalized spacial score (nSPS) is 40.4. The number of alkyl halides is 1. The Bertz CT molecular complexity index is 606. The third-order valence-corrected chi connectivity index (χ3v) is 7.45. The number of nitrogens with zero attached hydrogens (tertiary/aromatic N) is 1. The van der Waals surface area contributed by atoms with Gasteiger partial charge >= 0.3 is 0 Å². The van der Waals surface area contributed by atoms with E-state index < -0.39 is 0 Å². The Labute approximate surface area is 132 Å². The second-order valence-corrected chi connectivity index (χ2v) is 8.31. The van der Waals surface area contributed by atoms with Gasteiger partial charge in [-0.15, -0.1) is 23.4 Å². The van der Waals surface area contributed by atoms with E-state index in [-0.39, 0.29) is 26.3 Å². The maximum atomic E-state index is 11.2. The Morgan fingerprint density at radius 3 is 2.81 bits per heavy atom. The predicted molar refractivity (Wildman–Crippen MR) is 82.0 cm³/mol. The quantitative estimate of drug-likeness (QED) is 0.365. The number of hydrogen-bond acceptors (Lipinski definition) is 4. The predicted octanol–water partition coefficient (Wildman–Crippen LogP) is 4.01. The Balaban J connectivity index is 1.71. The van der Waals surface area contributed by atoms with E-state index in [0.717, 1.165) is 37.2 Å². The fraction of sp³-hybridized carbons (Fsp3) is 0.600. The van der Waals surface area contributed by atoms with Crippen LogP contribution in [0.15, 0.2) is 29.2 Å². The molecule has 4 atom stereocenters.